The van der Waals surface area contributed by atoms with Gasteiger partial charge in [0.25, 0.3) is 0 Å². The fraction of sp³-hybridized carbons (Fsp3) is 0.214. The zero-order chi connectivity index (χ0) is 13.8. The number of carbonyl (C=O) groups is 2. The average Bonchev–Trinajstić information content (AvgIpc) is 2.89. The molecule has 0 radical (unpaired) electrons. The van der Waals surface area contributed by atoms with Crippen molar-refractivity contribution in [3.05, 3.63) is 53.9 Å². The second-order valence-electron chi connectivity index (χ2n) is 4.33. The molecule has 0 aliphatic rings. The maximum atomic E-state index is 12.1. The van der Waals surface area contributed by atoms with Gasteiger partial charge in [0, 0.05) is 24.4 Å². The Kier molecular flexibility index (Phi) is 3.75. The number of benzene rings is 1. The summed E-state index contributed by atoms with van der Waals surface area (Å²) in [4.78, 5) is 23.3. The van der Waals surface area contributed by atoms with Gasteiger partial charge in [-0.05, 0) is 13.0 Å². The lowest BCUT2D eigenvalue weighted by Crippen LogP contribution is -2.22. The average molecular weight is 258 g/mol. The molecule has 1 atom stereocenters. The highest BCUT2D eigenvalue weighted by Crippen LogP contribution is 2.15. The smallest absolute Gasteiger partial charge is 0.328 e. The molecule has 0 unspecified atom stereocenters. The van der Waals surface area contributed by atoms with E-state index in [0.717, 1.165) is 5.56 Å². The van der Waals surface area contributed by atoms with Gasteiger partial charge in [0.1, 0.15) is 0 Å². The van der Waals surface area contributed by atoms with Crippen molar-refractivity contribution in [2.24, 2.45) is 0 Å². The maximum absolute atomic E-state index is 12.1. The number of aliphatic carboxylic acids is 1. The number of aromatic nitrogens is 2. The second kappa shape index (κ2) is 5.48. The first-order chi connectivity index (χ1) is 9.08. The summed E-state index contributed by atoms with van der Waals surface area (Å²) in [5, 5.41) is 13.1. The number of nitrogens with zero attached hydrogens (tertiary/aromatic N) is 2. The van der Waals surface area contributed by atoms with Gasteiger partial charge in [-0.15, -0.1) is 0 Å². The summed E-state index contributed by atoms with van der Waals surface area (Å²) < 4.78 is 1.29. The molecule has 2 rings (SSSR count). The van der Waals surface area contributed by atoms with Crippen LogP contribution in [0.15, 0.2) is 42.7 Å². The van der Waals surface area contributed by atoms with E-state index < -0.39 is 12.0 Å². The molecule has 1 heterocycles. The Morgan fingerprint density at radius 2 is 2.00 bits per heavy atom. The highest BCUT2D eigenvalue weighted by atomic mass is 16.4. The van der Waals surface area contributed by atoms with Crippen molar-refractivity contribution in [2.45, 2.75) is 19.4 Å². The minimum absolute atomic E-state index is 0.111. The van der Waals surface area contributed by atoms with Crippen molar-refractivity contribution in [3.63, 3.8) is 0 Å². The van der Waals surface area contributed by atoms with Crippen LogP contribution in [-0.4, -0.2) is 26.6 Å². The summed E-state index contributed by atoms with van der Waals surface area (Å²) in [6, 6.07) is 7.74. The number of ketones is 1. The molecule has 98 valence electrons. The summed E-state index contributed by atoms with van der Waals surface area (Å²) in [5.74, 6) is -1.27. The van der Waals surface area contributed by atoms with Crippen molar-refractivity contribution in [3.8, 4) is 0 Å². The van der Waals surface area contributed by atoms with Gasteiger partial charge in [-0.1, -0.05) is 29.8 Å². The maximum Gasteiger partial charge on any atom is 0.328 e. The molecule has 2 aromatic rings. The lowest BCUT2D eigenvalue weighted by atomic mass is 10.0. The Morgan fingerprint density at radius 1 is 1.32 bits per heavy atom. The van der Waals surface area contributed by atoms with E-state index in [0.29, 0.717) is 5.56 Å². The van der Waals surface area contributed by atoms with Crippen molar-refractivity contribution in [1.29, 1.82) is 0 Å². The summed E-state index contributed by atoms with van der Waals surface area (Å²) in [6.07, 6.45) is 2.92. The van der Waals surface area contributed by atoms with Gasteiger partial charge in [0.05, 0.1) is 0 Å². The molecule has 0 saturated carbocycles. The van der Waals surface area contributed by atoms with Crippen molar-refractivity contribution >= 4 is 11.8 Å². The lowest BCUT2D eigenvalue weighted by Gasteiger charge is -2.12. The molecular formula is C14H14N2O3. The number of aryl methyl sites for hydroxylation is 1. The third kappa shape index (κ3) is 3.07. The molecule has 19 heavy (non-hydrogen) atoms. The van der Waals surface area contributed by atoms with Crippen LogP contribution in [0.4, 0.5) is 0 Å². The van der Waals surface area contributed by atoms with Gasteiger partial charge in [0.2, 0.25) is 0 Å². The van der Waals surface area contributed by atoms with E-state index in [9.17, 15) is 14.7 Å². The summed E-state index contributed by atoms with van der Waals surface area (Å²) in [7, 11) is 0. The molecule has 1 aromatic carbocycles. The topological polar surface area (TPSA) is 72.2 Å². The molecule has 0 bridgehead atoms. The first-order valence-electron chi connectivity index (χ1n) is 5.89. The predicted molar refractivity (Wildman–Crippen MR) is 69.0 cm³/mol. The molecule has 1 N–H and O–H groups in total. The van der Waals surface area contributed by atoms with Crippen LogP contribution in [0.1, 0.15) is 28.4 Å². The first-order valence-corrected chi connectivity index (χ1v) is 5.89. The summed E-state index contributed by atoms with van der Waals surface area (Å²) >= 11 is 0. The third-order valence-electron chi connectivity index (χ3n) is 2.88. The number of rotatable bonds is 5. The minimum Gasteiger partial charge on any atom is -0.480 e. The van der Waals surface area contributed by atoms with E-state index in [1.165, 1.54) is 10.9 Å². The number of hydrogen-bond donors (Lipinski definition) is 1. The van der Waals surface area contributed by atoms with Crippen molar-refractivity contribution in [2.75, 3.05) is 0 Å². The van der Waals surface area contributed by atoms with Crippen LogP contribution < -0.4 is 0 Å². The van der Waals surface area contributed by atoms with E-state index in [1.807, 2.05) is 19.1 Å². The van der Waals surface area contributed by atoms with Crippen LogP contribution in [0.3, 0.4) is 0 Å². The molecule has 0 spiro atoms. The van der Waals surface area contributed by atoms with E-state index in [2.05, 4.69) is 5.10 Å². The van der Waals surface area contributed by atoms with Crippen molar-refractivity contribution < 1.29 is 14.7 Å². The molecule has 5 nitrogen and oxygen atoms in total. The number of Topliss-reactive ketones (excluding diaryl/α,β-unsaturated/α-hetero) is 1. The van der Waals surface area contributed by atoms with Crippen LogP contribution in [0.25, 0.3) is 0 Å². The van der Waals surface area contributed by atoms with Crippen LogP contribution in [0.2, 0.25) is 0 Å². The highest BCUT2D eigenvalue weighted by Gasteiger charge is 2.23. The number of carboxylic acid groups (broad SMARTS) is 1. The number of carboxylic acids is 1. The molecule has 0 saturated heterocycles. The Labute approximate surface area is 110 Å². The fourth-order valence-electron chi connectivity index (χ4n) is 1.79. The van der Waals surface area contributed by atoms with Gasteiger partial charge >= 0.3 is 5.97 Å². The Hall–Kier alpha value is -2.43. The standard InChI is InChI=1S/C14H14N2O3/c1-10-3-5-11(6-4-10)13(17)9-12(14(18)19)16-8-2-7-15-16/h2-8,12H,9H2,1H3,(H,18,19)/t12-/m1/s1. The quantitative estimate of drug-likeness (QED) is 0.833. The van der Waals surface area contributed by atoms with E-state index in [1.54, 1.807) is 24.4 Å². The molecule has 0 aliphatic heterocycles. The molecule has 0 amide bonds. The normalized spacial score (nSPS) is 12.1. The van der Waals surface area contributed by atoms with E-state index in [-0.39, 0.29) is 12.2 Å². The monoisotopic (exact) mass is 258 g/mol. The molecular weight excluding hydrogens is 244 g/mol. The highest BCUT2D eigenvalue weighted by molar-refractivity contribution is 5.98. The third-order valence-corrected chi connectivity index (χ3v) is 2.88. The number of hydrogen-bond acceptors (Lipinski definition) is 3. The Morgan fingerprint density at radius 3 is 2.53 bits per heavy atom. The molecule has 5 heteroatoms. The van der Waals surface area contributed by atoms with E-state index >= 15 is 0 Å². The number of carbonyl (C=O) groups excluding carboxylic acids is 1. The summed E-state index contributed by atoms with van der Waals surface area (Å²) in [5.41, 5.74) is 1.57. The SMILES string of the molecule is Cc1ccc(C(=O)C[C@H](C(=O)O)n2cccn2)cc1. The summed E-state index contributed by atoms with van der Waals surface area (Å²) in [6.45, 7) is 1.93. The Bertz CT molecular complexity index is 573. The zero-order valence-electron chi connectivity index (χ0n) is 10.5. The van der Waals surface area contributed by atoms with E-state index in [4.69, 9.17) is 0 Å². The predicted octanol–water partition coefficient (Wildman–Crippen LogP) is 2.09. The molecule has 0 fully saturated rings. The van der Waals surface area contributed by atoms with Gasteiger partial charge < -0.3 is 5.11 Å². The van der Waals surface area contributed by atoms with Gasteiger partial charge in [-0.2, -0.15) is 5.10 Å². The van der Waals surface area contributed by atoms with Crippen molar-refractivity contribution in [1.82, 2.24) is 9.78 Å². The van der Waals surface area contributed by atoms with Crippen LogP contribution in [0, 0.1) is 6.92 Å². The van der Waals surface area contributed by atoms with Gasteiger partial charge in [0.15, 0.2) is 11.8 Å². The van der Waals surface area contributed by atoms with Gasteiger partial charge in [-0.25, -0.2) is 4.79 Å². The minimum atomic E-state index is -1.07. The molecule has 1 aromatic heterocycles. The lowest BCUT2D eigenvalue weighted by molar-refractivity contribution is -0.141. The zero-order valence-corrected chi connectivity index (χ0v) is 10.5. The van der Waals surface area contributed by atoms with Crippen LogP contribution >= 0.6 is 0 Å². The first kappa shape index (κ1) is 13.0. The largest absolute Gasteiger partial charge is 0.480 e. The Balaban J connectivity index is 2.16. The molecule has 0 aliphatic carbocycles. The van der Waals surface area contributed by atoms with Crippen LogP contribution in [0.5, 0.6) is 0 Å². The second-order valence-corrected chi connectivity index (χ2v) is 4.33. The van der Waals surface area contributed by atoms with Gasteiger partial charge in [-0.3, -0.25) is 9.48 Å². The van der Waals surface area contributed by atoms with Crippen LogP contribution in [-0.2, 0) is 4.79 Å². The fourth-order valence-corrected chi connectivity index (χ4v) is 1.79.